The maximum atomic E-state index is 13.4. The number of carbonyl (C=O) groups is 1. The first-order valence-corrected chi connectivity index (χ1v) is 11.9. The number of hydrogen-bond acceptors (Lipinski definition) is 8. The number of aromatic nitrogens is 4. The van der Waals surface area contributed by atoms with E-state index >= 15 is 0 Å². The molecule has 0 spiro atoms. The Labute approximate surface area is 198 Å². The van der Waals surface area contributed by atoms with E-state index in [0.29, 0.717) is 51.9 Å². The van der Waals surface area contributed by atoms with Crippen molar-refractivity contribution in [3.8, 4) is 0 Å². The van der Waals surface area contributed by atoms with Crippen LogP contribution >= 0.6 is 11.8 Å². The lowest BCUT2D eigenvalue weighted by molar-refractivity contribution is 0.0601. The van der Waals surface area contributed by atoms with Crippen LogP contribution in [-0.4, -0.2) is 44.7 Å². The molecule has 4 heterocycles. The number of nitrogens with zero attached hydrogens (tertiary/aromatic N) is 4. The van der Waals surface area contributed by atoms with Crippen molar-refractivity contribution in [1.29, 1.82) is 0 Å². The number of fused-ring (bicyclic) bond motifs is 2. The molecule has 0 aliphatic carbocycles. The Balaban J connectivity index is 1.54. The zero-order chi connectivity index (χ0) is 23.7. The van der Waals surface area contributed by atoms with Gasteiger partial charge in [0.15, 0.2) is 5.16 Å². The van der Waals surface area contributed by atoms with Crippen LogP contribution in [0.25, 0.3) is 16.6 Å². The molecule has 174 valence electrons. The van der Waals surface area contributed by atoms with Crippen LogP contribution in [0.3, 0.4) is 0 Å². The summed E-state index contributed by atoms with van der Waals surface area (Å²) in [6, 6.07) is 11.6. The van der Waals surface area contributed by atoms with E-state index in [1.54, 1.807) is 41.1 Å². The standard InChI is InChI=1S/C24H22N4O5S/c1-32-23(31)15-7-8-18-19(11-15)26-24(28(22(18)30)13-17-5-4-10-33-17)34-14-16-12-21(29)27-9-3-2-6-20(27)25-16/h2-3,6-9,11-12,17H,4-5,10,13-14H2,1H3/t17-/m1/s1. The number of benzene rings is 1. The number of pyridine rings is 1. The number of hydrogen-bond donors (Lipinski definition) is 0. The SMILES string of the molecule is COC(=O)c1ccc2c(=O)n(C[C@H]3CCCO3)c(SCc3cc(=O)n4ccccc4n3)nc2c1. The Morgan fingerprint density at radius 1 is 1.21 bits per heavy atom. The van der Waals surface area contributed by atoms with Crippen molar-refractivity contribution in [3.05, 3.63) is 80.6 Å². The number of ether oxygens (including phenoxy) is 2. The highest BCUT2D eigenvalue weighted by molar-refractivity contribution is 7.98. The topological polar surface area (TPSA) is 105 Å². The molecular weight excluding hydrogens is 456 g/mol. The third-order valence-electron chi connectivity index (χ3n) is 5.72. The summed E-state index contributed by atoms with van der Waals surface area (Å²) in [5.74, 6) is -0.150. The molecule has 1 atom stereocenters. The van der Waals surface area contributed by atoms with Gasteiger partial charge in [-0.1, -0.05) is 17.8 Å². The van der Waals surface area contributed by atoms with Gasteiger partial charge in [0.1, 0.15) is 5.65 Å². The molecule has 4 aromatic rings. The quantitative estimate of drug-likeness (QED) is 0.237. The van der Waals surface area contributed by atoms with E-state index in [1.165, 1.54) is 29.3 Å². The number of methoxy groups -OCH3 is 1. The predicted octanol–water partition coefficient (Wildman–Crippen LogP) is 2.66. The van der Waals surface area contributed by atoms with Crippen LogP contribution in [0.15, 0.2) is 63.4 Å². The van der Waals surface area contributed by atoms with Gasteiger partial charge in [-0.25, -0.2) is 14.8 Å². The van der Waals surface area contributed by atoms with E-state index in [4.69, 9.17) is 14.5 Å². The highest BCUT2D eigenvalue weighted by Gasteiger charge is 2.21. The summed E-state index contributed by atoms with van der Waals surface area (Å²) in [5, 5.41) is 0.891. The van der Waals surface area contributed by atoms with Gasteiger partial charge in [-0.15, -0.1) is 0 Å². The molecule has 0 radical (unpaired) electrons. The van der Waals surface area contributed by atoms with E-state index in [0.717, 1.165) is 12.8 Å². The molecule has 0 bridgehead atoms. The molecule has 1 aromatic carbocycles. The third kappa shape index (κ3) is 4.34. The second kappa shape index (κ2) is 9.40. The second-order valence-electron chi connectivity index (χ2n) is 7.97. The van der Waals surface area contributed by atoms with Crippen LogP contribution in [-0.2, 0) is 21.8 Å². The molecular formula is C24H22N4O5S. The molecule has 0 saturated carbocycles. The van der Waals surface area contributed by atoms with Gasteiger partial charge in [-0.05, 0) is 43.2 Å². The second-order valence-corrected chi connectivity index (χ2v) is 8.91. The molecule has 10 heteroatoms. The van der Waals surface area contributed by atoms with Gasteiger partial charge in [0.2, 0.25) is 0 Å². The molecule has 1 saturated heterocycles. The maximum Gasteiger partial charge on any atom is 0.337 e. The van der Waals surface area contributed by atoms with Gasteiger partial charge in [-0.2, -0.15) is 0 Å². The number of thioether (sulfide) groups is 1. The average molecular weight is 479 g/mol. The summed E-state index contributed by atoms with van der Waals surface area (Å²) in [4.78, 5) is 47.1. The van der Waals surface area contributed by atoms with Crippen molar-refractivity contribution >= 4 is 34.3 Å². The summed E-state index contributed by atoms with van der Waals surface area (Å²) in [7, 11) is 1.31. The van der Waals surface area contributed by atoms with Crippen LogP contribution in [0, 0.1) is 0 Å². The van der Waals surface area contributed by atoms with E-state index in [9.17, 15) is 14.4 Å². The minimum Gasteiger partial charge on any atom is -0.465 e. The first kappa shape index (κ1) is 22.3. The molecule has 0 amide bonds. The minimum atomic E-state index is -0.498. The summed E-state index contributed by atoms with van der Waals surface area (Å²) in [6.07, 6.45) is 3.44. The maximum absolute atomic E-state index is 13.4. The summed E-state index contributed by atoms with van der Waals surface area (Å²) >= 11 is 1.32. The molecule has 9 nitrogen and oxygen atoms in total. The van der Waals surface area contributed by atoms with Gasteiger partial charge < -0.3 is 9.47 Å². The van der Waals surface area contributed by atoms with E-state index in [2.05, 4.69) is 4.98 Å². The fourth-order valence-electron chi connectivity index (χ4n) is 4.02. The van der Waals surface area contributed by atoms with Crippen molar-refractivity contribution in [2.75, 3.05) is 13.7 Å². The first-order chi connectivity index (χ1) is 16.5. The van der Waals surface area contributed by atoms with Crippen LogP contribution < -0.4 is 11.1 Å². The lowest BCUT2D eigenvalue weighted by Gasteiger charge is -2.16. The highest BCUT2D eigenvalue weighted by Crippen LogP contribution is 2.24. The van der Waals surface area contributed by atoms with Crippen molar-refractivity contribution in [2.24, 2.45) is 0 Å². The first-order valence-electron chi connectivity index (χ1n) is 10.9. The summed E-state index contributed by atoms with van der Waals surface area (Å²) < 4.78 is 13.7. The molecule has 0 unspecified atom stereocenters. The van der Waals surface area contributed by atoms with Crippen molar-refractivity contribution in [2.45, 2.75) is 36.4 Å². The monoisotopic (exact) mass is 478 g/mol. The van der Waals surface area contributed by atoms with Crippen LogP contribution in [0.4, 0.5) is 0 Å². The molecule has 1 aliphatic heterocycles. The molecule has 1 fully saturated rings. The van der Waals surface area contributed by atoms with Crippen molar-refractivity contribution in [1.82, 2.24) is 18.9 Å². The number of esters is 1. The fourth-order valence-corrected chi connectivity index (χ4v) is 4.93. The van der Waals surface area contributed by atoms with Crippen LogP contribution in [0.1, 0.15) is 28.9 Å². The van der Waals surface area contributed by atoms with E-state index in [1.807, 2.05) is 6.07 Å². The molecule has 34 heavy (non-hydrogen) atoms. The van der Waals surface area contributed by atoms with E-state index < -0.39 is 5.97 Å². The van der Waals surface area contributed by atoms with Crippen molar-refractivity contribution in [3.63, 3.8) is 0 Å². The fraction of sp³-hybridized carbons (Fsp3) is 0.292. The largest absolute Gasteiger partial charge is 0.465 e. The van der Waals surface area contributed by atoms with Gasteiger partial charge in [0.05, 0.1) is 41.9 Å². The molecule has 0 N–H and O–H groups in total. The van der Waals surface area contributed by atoms with Gasteiger partial charge in [-0.3, -0.25) is 18.6 Å². The lowest BCUT2D eigenvalue weighted by Crippen LogP contribution is -2.29. The average Bonchev–Trinajstić information content (AvgIpc) is 3.37. The Hall–Kier alpha value is -3.50. The van der Waals surface area contributed by atoms with E-state index in [-0.39, 0.29) is 17.2 Å². The van der Waals surface area contributed by atoms with Crippen molar-refractivity contribution < 1.29 is 14.3 Å². The Morgan fingerprint density at radius 2 is 2.09 bits per heavy atom. The number of rotatable bonds is 6. The normalized spacial score (nSPS) is 15.7. The zero-order valence-corrected chi connectivity index (χ0v) is 19.3. The predicted molar refractivity (Wildman–Crippen MR) is 127 cm³/mol. The number of carbonyl (C=O) groups excluding carboxylic acids is 1. The third-order valence-corrected chi connectivity index (χ3v) is 6.73. The minimum absolute atomic E-state index is 0.0610. The smallest absolute Gasteiger partial charge is 0.337 e. The van der Waals surface area contributed by atoms with Gasteiger partial charge >= 0.3 is 5.97 Å². The molecule has 1 aliphatic rings. The van der Waals surface area contributed by atoms with Gasteiger partial charge in [0, 0.05) is 24.6 Å². The Kier molecular flexibility index (Phi) is 6.16. The Morgan fingerprint density at radius 3 is 2.88 bits per heavy atom. The van der Waals surface area contributed by atoms with Crippen LogP contribution in [0.5, 0.6) is 0 Å². The molecule has 3 aromatic heterocycles. The summed E-state index contributed by atoms with van der Waals surface area (Å²) in [6.45, 7) is 1.06. The molecule has 5 rings (SSSR count). The Bertz CT molecular complexity index is 1510. The zero-order valence-electron chi connectivity index (χ0n) is 18.5. The van der Waals surface area contributed by atoms with Crippen LogP contribution in [0.2, 0.25) is 0 Å². The highest BCUT2D eigenvalue weighted by atomic mass is 32.2. The summed E-state index contributed by atoms with van der Waals surface area (Å²) in [5.41, 5.74) is 1.49. The lowest BCUT2D eigenvalue weighted by atomic mass is 10.1. The van der Waals surface area contributed by atoms with Gasteiger partial charge in [0.25, 0.3) is 11.1 Å².